The van der Waals surface area contributed by atoms with Crippen LogP contribution < -0.4 is 4.74 Å². The van der Waals surface area contributed by atoms with E-state index < -0.39 is 0 Å². The first-order chi connectivity index (χ1) is 14.3. The molecule has 1 aromatic heterocycles. The minimum Gasteiger partial charge on any atom is -0.489 e. The number of thiazole rings is 1. The van der Waals surface area contributed by atoms with Crippen LogP contribution in [0.5, 0.6) is 5.75 Å². The van der Waals surface area contributed by atoms with E-state index in [1.807, 2.05) is 96.4 Å². The van der Waals surface area contributed by atoms with Crippen LogP contribution in [-0.4, -0.2) is 4.98 Å². The van der Waals surface area contributed by atoms with Crippen molar-refractivity contribution in [3.63, 3.8) is 0 Å². The Morgan fingerprint density at radius 2 is 1.62 bits per heavy atom. The van der Waals surface area contributed by atoms with Gasteiger partial charge in [0.05, 0.1) is 11.3 Å². The molecule has 0 aliphatic heterocycles. The Kier molecular flexibility index (Phi) is 5.80. The number of hydrogen-bond acceptors (Lipinski definition) is 4. The molecule has 0 bridgehead atoms. The van der Waals surface area contributed by atoms with Crippen molar-refractivity contribution in [1.29, 1.82) is 5.26 Å². The predicted molar refractivity (Wildman–Crippen MR) is 118 cm³/mol. The first kappa shape index (κ1) is 18.7. The van der Waals surface area contributed by atoms with Crippen LogP contribution >= 0.6 is 11.3 Å². The van der Waals surface area contributed by atoms with Gasteiger partial charge in [0.1, 0.15) is 23.4 Å². The van der Waals surface area contributed by atoms with Gasteiger partial charge in [-0.3, -0.25) is 0 Å². The number of allylic oxidation sites excluding steroid dienone is 1. The van der Waals surface area contributed by atoms with Crippen molar-refractivity contribution in [2.45, 2.75) is 6.61 Å². The summed E-state index contributed by atoms with van der Waals surface area (Å²) in [7, 11) is 0. The summed E-state index contributed by atoms with van der Waals surface area (Å²) in [4.78, 5) is 4.63. The average molecular weight is 394 g/mol. The van der Waals surface area contributed by atoms with Crippen molar-refractivity contribution in [3.8, 4) is 23.1 Å². The number of nitrogens with zero attached hydrogens (tertiary/aromatic N) is 2. The summed E-state index contributed by atoms with van der Waals surface area (Å²) in [6.07, 6.45) is 1.86. The van der Waals surface area contributed by atoms with Gasteiger partial charge in [-0.05, 0) is 29.3 Å². The Morgan fingerprint density at radius 3 is 2.31 bits per heavy atom. The lowest BCUT2D eigenvalue weighted by Gasteiger charge is -2.06. The predicted octanol–water partition coefficient (Wildman–Crippen LogP) is 6.45. The lowest BCUT2D eigenvalue weighted by molar-refractivity contribution is 0.306. The van der Waals surface area contributed by atoms with Gasteiger partial charge in [-0.15, -0.1) is 11.3 Å². The smallest absolute Gasteiger partial charge is 0.134 e. The SMILES string of the molecule is N#C/C(=C\c1ccc(OCc2ccccc2)cc1)c1nc(-c2ccccc2)cs1. The highest BCUT2D eigenvalue weighted by Crippen LogP contribution is 2.27. The number of benzene rings is 3. The summed E-state index contributed by atoms with van der Waals surface area (Å²) in [6, 6.07) is 30.0. The molecule has 0 atom stereocenters. The molecule has 0 N–H and O–H groups in total. The molecule has 0 aliphatic rings. The summed E-state index contributed by atoms with van der Waals surface area (Å²) in [6.45, 7) is 0.529. The first-order valence-corrected chi connectivity index (χ1v) is 10.1. The maximum atomic E-state index is 9.61. The van der Waals surface area contributed by atoms with Crippen LogP contribution in [0, 0.1) is 11.3 Å². The Hall–Kier alpha value is -3.68. The third kappa shape index (κ3) is 4.78. The Morgan fingerprint density at radius 1 is 0.931 bits per heavy atom. The molecule has 0 fully saturated rings. The van der Waals surface area contributed by atoms with Gasteiger partial charge in [-0.25, -0.2) is 4.98 Å². The molecular formula is C25H18N2OS. The van der Waals surface area contributed by atoms with Gasteiger partial charge in [0, 0.05) is 10.9 Å². The number of hydrogen-bond donors (Lipinski definition) is 0. The zero-order chi connectivity index (χ0) is 19.9. The normalized spacial score (nSPS) is 11.1. The average Bonchev–Trinajstić information content (AvgIpc) is 3.28. The Balaban J connectivity index is 1.47. The van der Waals surface area contributed by atoms with Gasteiger partial charge < -0.3 is 4.74 Å². The van der Waals surface area contributed by atoms with Crippen LogP contribution in [0.1, 0.15) is 16.1 Å². The topological polar surface area (TPSA) is 45.9 Å². The van der Waals surface area contributed by atoms with Crippen LogP contribution in [0.15, 0.2) is 90.3 Å². The van der Waals surface area contributed by atoms with Gasteiger partial charge in [-0.1, -0.05) is 72.8 Å². The molecule has 0 unspecified atom stereocenters. The highest BCUT2D eigenvalue weighted by atomic mass is 32.1. The highest BCUT2D eigenvalue weighted by Gasteiger charge is 2.09. The van der Waals surface area contributed by atoms with E-state index in [-0.39, 0.29) is 0 Å². The second-order valence-electron chi connectivity index (χ2n) is 6.42. The van der Waals surface area contributed by atoms with E-state index in [9.17, 15) is 5.26 Å². The van der Waals surface area contributed by atoms with E-state index in [2.05, 4.69) is 11.1 Å². The molecule has 140 valence electrons. The van der Waals surface area contributed by atoms with Crippen LogP contribution in [0.3, 0.4) is 0 Å². The second-order valence-corrected chi connectivity index (χ2v) is 7.28. The quantitative estimate of drug-likeness (QED) is 0.353. The standard InChI is InChI=1S/C25H18N2OS/c26-16-22(25-27-24(18-29-25)21-9-5-2-6-10-21)15-19-11-13-23(14-12-19)28-17-20-7-3-1-4-8-20/h1-15,18H,17H2/b22-15+. The molecule has 4 rings (SSSR count). The van der Waals surface area contributed by atoms with E-state index in [1.54, 1.807) is 0 Å². The molecule has 3 aromatic carbocycles. The fraction of sp³-hybridized carbons (Fsp3) is 0.0400. The van der Waals surface area contributed by atoms with E-state index in [0.717, 1.165) is 33.1 Å². The van der Waals surface area contributed by atoms with Gasteiger partial charge in [0.25, 0.3) is 0 Å². The molecule has 0 radical (unpaired) electrons. The molecule has 0 aliphatic carbocycles. The second kappa shape index (κ2) is 9.01. The summed E-state index contributed by atoms with van der Waals surface area (Å²) >= 11 is 1.48. The third-order valence-electron chi connectivity index (χ3n) is 4.36. The molecule has 1 heterocycles. The molecule has 0 saturated heterocycles. The van der Waals surface area contributed by atoms with E-state index in [1.165, 1.54) is 11.3 Å². The molecule has 29 heavy (non-hydrogen) atoms. The summed E-state index contributed by atoms with van der Waals surface area (Å²) < 4.78 is 5.82. The molecular weight excluding hydrogens is 376 g/mol. The van der Waals surface area contributed by atoms with E-state index in [4.69, 9.17) is 4.74 Å². The molecule has 3 nitrogen and oxygen atoms in total. The number of ether oxygens (including phenoxy) is 1. The van der Waals surface area contributed by atoms with E-state index in [0.29, 0.717) is 12.2 Å². The molecule has 0 saturated carbocycles. The first-order valence-electron chi connectivity index (χ1n) is 9.22. The van der Waals surface area contributed by atoms with Crippen molar-refractivity contribution in [2.75, 3.05) is 0 Å². The van der Waals surface area contributed by atoms with Crippen LogP contribution in [0.2, 0.25) is 0 Å². The maximum absolute atomic E-state index is 9.61. The van der Waals surface area contributed by atoms with Crippen LogP contribution in [0.4, 0.5) is 0 Å². The van der Waals surface area contributed by atoms with Crippen LogP contribution in [0.25, 0.3) is 22.9 Å². The Labute approximate surface area is 174 Å². The summed E-state index contributed by atoms with van der Waals surface area (Å²) in [5, 5.41) is 12.3. The fourth-order valence-corrected chi connectivity index (χ4v) is 3.64. The van der Waals surface area contributed by atoms with Crippen molar-refractivity contribution in [3.05, 3.63) is 106 Å². The zero-order valence-corrected chi connectivity index (χ0v) is 16.5. The Bertz CT molecular complexity index is 1140. The van der Waals surface area contributed by atoms with Gasteiger partial charge in [0.2, 0.25) is 0 Å². The third-order valence-corrected chi connectivity index (χ3v) is 5.24. The molecule has 0 amide bonds. The largest absolute Gasteiger partial charge is 0.489 e. The number of rotatable bonds is 6. The molecule has 4 heteroatoms. The number of nitriles is 1. The van der Waals surface area contributed by atoms with Crippen molar-refractivity contribution in [1.82, 2.24) is 4.98 Å². The molecule has 0 spiro atoms. The van der Waals surface area contributed by atoms with Gasteiger partial charge in [-0.2, -0.15) is 5.26 Å². The van der Waals surface area contributed by atoms with Gasteiger partial charge >= 0.3 is 0 Å². The fourth-order valence-electron chi connectivity index (χ4n) is 2.85. The summed E-state index contributed by atoms with van der Waals surface area (Å²) in [5.41, 5.74) is 4.55. The minimum atomic E-state index is 0.529. The van der Waals surface area contributed by atoms with Crippen molar-refractivity contribution < 1.29 is 4.74 Å². The lowest BCUT2D eigenvalue weighted by Crippen LogP contribution is -1.94. The summed E-state index contributed by atoms with van der Waals surface area (Å²) in [5.74, 6) is 0.796. The van der Waals surface area contributed by atoms with Gasteiger partial charge in [0.15, 0.2) is 0 Å². The van der Waals surface area contributed by atoms with E-state index >= 15 is 0 Å². The molecule has 4 aromatic rings. The monoisotopic (exact) mass is 394 g/mol. The lowest BCUT2D eigenvalue weighted by atomic mass is 10.1. The highest BCUT2D eigenvalue weighted by molar-refractivity contribution is 7.11. The zero-order valence-electron chi connectivity index (χ0n) is 15.7. The van der Waals surface area contributed by atoms with Crippen LogP contribution in [-0.2, 0) is 6.61 Å². The maximum Gasteiger partial charge on any atom is 0.134 e. The minimum absolute atomic E-state index is 0.529. The number of aromatic nitrogens is 1. The van der Waals surface area contributed by atoms with Crippen molar-refractivity contribution in [2.24, 2.45) is 0 Å². The van der Waals surface area contributed by atoms with Crippen molar-refractivity contribution >= 4 is 23.0 Å².